The molecule has 0 aliphatic heterocycles. The van der Waals surface area contributed by atoms with Crippen molar-refractivity contribution in [1.82, 2.24) is 4.98 Å². The molecule has 0 spiro atoms. The van der Waals surface area contributed by atoms with Crippen molar-refractivity contribution in [3.63, 3.8) is 0 Å². The zero-order chi connectivity index (χ0) is 16.6. The third-order valence-corrected chi connectivity index (χ3v) is 3.98. The number of benzene rings is 2. The van der Waals surface area contributed by atoms with Gasteiger partial charge in [-0.2, -0.15) is 0 Å². The highest BCUT2D eigenvalue weighted by Gasteiger charge is 2.01. The second-order valence-corrected chi connectivity index (χ2v) is 6.05. The summed E-state index contributed by atoms with van der Waals surface area (Å²) in [5.41, 5.74) is 3.63. The zero-order valence-electron chi connectivity index (χ0n) is 13.4. The number of rotatable bonds is 7. The highest BCUT2D eigenvalue weighted by atomic mass is 35.5. The van der Waals surface area contributed by atoms with Crippen LogP contribution in [0.25, 0.3) is 0 Å². The Bertz CT molecular complexity index is 760. The summed E-state index contributed by atoms with van der Waals surface area (Å²) >= 11 is 5.89. The first-order valence-corrected chi connectivity index (χ1v) is 8.34. The molecule has 0 saturated heterocycles. The van der Waals surface area contributed by atoms with Crippen LogP contribution in [-0.4, -0.2) is 4.98 Å². The largest absolute Gasteiger partial charge is 0.489 e. The van der Waals surface area contributed by atoms with Crippen molar-refractivity contribution in [2.24, 2.45) is 0 Å². The number of ether oxygens (including phenoxy) is 1. The molecule has 0 amide bonds. The third-order valence-electron chi connectivity index (χ3n) is 3.73. The lowest BCUT2D eigenvalue weighted by molar-refractivity contribution is -0.686. The van der Waals surface area contributed by atoms with Gasteiger partial charge in [0.25, 0.3) is 0 Å². The maximum atomic E-state index is 5.89. The van der Waals surface area contributed by atoms with E-state index in [9.17, 15) is 0 Å². The van der Waals surface area contributed by atoms with Gasteiger partial charge in [-0.1, -0.05) is 35.9 Å². The van der Waals surface area contributed by atoms with E-state index in [1.807, 2.05) is 60.9 Å². The van der Waals surface area contributed by atoms with Crippen LogP contribution in [-0.2, 0) is 19.7 Å². The first-order valence-electron chi connectivity index (χ1n) is 7.96. The van der Waals surface area contributed by atoms with Crippen molar-refractivity contribution in [2.45, 2.75) is 19.7 Å². The Labute approximate surface area is 147 Å². The van der Waals surface area contributed by atoms with Crippen LogP contribution in [0.2, 0.25) is 5.02 Å². The van der Waals surface area contributed by atoms with Gasteiger partial charge in [0, 0.05) is 28.5 Å². The van der Waals surface area contributed by atoms with E-state index in [0.717, 1.165) is 29.4 Å². The molecule has 122 valence electrons. The minimum Gasteiger partial charge on any atom is -0.489 e. The summed E-state index contributed by atoms with van der Waals surface area (Å²) in [6.45, 7) is 2.40. The fourth-order valence-corrected chi connectivity index (χ4v) is 2.56. The Morgan fingerprint density at radius 2 is 1.58 bits per heavy atom. The number of quaternary nitrogens is 1. The fourth-order valence-electron chi connectivity index (χ4n) is 2.43. The molecule has 24 heavy (non-hydrogen) atoms. The molecule has 3 aromatic rings. The van der Waals surface area contributed by atoms with Gasteiger partial charge in [0.05, 0.1) is 0 Å². The number of hydrogen-bond acceptors (Lipinski definition) is 2. The minimum atomic E-state index is 0.543. The number of aromatic nitrogens is 1. The molecule has 0 atom stereocenters. The molecule has 0 bridgehead atoms. The van der Waals surface area contributed by atoms with Crippen LogP contribution >= 0.6 is 11.6 Å². The quantitative estimate of drug-likeness (QED) is 0.714. The molecule has 2 aromatic carbocycles. The average molecular weight is 340 g/mol. The molecule has 0 unspecified atom stereocenters. The molecule has 0 aliphatic carbocycles. The van der Waals surface area contributed by atoms with Gasteiger partial charge < -0.3 is 10.1 Å². The molecule has 1 heterocycles. The molecule has 4 heteroatoms. The van der Waals surface area contributed by atoms with Crippen LogP contribution in [0.5, 0.6) is 5.75 Å². The maximum absolute atomic E-state index is 5.89. The van der Waals surface area contributed by atoms with Crippen molar-refractivity contribution in [2.75, 3.05) is 0 Å². The molecule has 0 fully saturated rings. The van der Waals surface area contributed by atoms with Gasteiger partial charge in [-0.15, -0.1) is 0 Å². The van der Waals surface area contributed by atoms with Gasteiger partial charge in [-0.3, -0.25) is 4.98 Å². The number of pyridine rings is 1. The Morgan fingerprint density at radius 3 is 2.38 bits per heavy atom. The zero-order valence-corrected chi connectivity index (χ0v) is 14.1. The van der Waals surface area contributed by atoms with E-state index in [1.54, 1.807) is 0 Å². The third kappa shape index (κ3) is 5.08. The van der Waals surface area contributed by atoms with Crippen molar-refractivity contribution < 1.29 is 10.1 Å². The van der Waals surface area contributed by atoms with Gasteiger partial charge in [0.2, 0.25) is 0 Å². The van der Waals surface area contributed by atoms with Gasteiger partial charge in [0.1, 0.15) is 25.4 Å². The van der Waals surface area contributed by atoms with Crippen LogP contribution in [0, 0.1) is 0 Å². The number of hydrogen-bond donors (Lipinski definition) is 1. The first-order chi connectivity index (χ1) is 11.8. The lowest BCUT2D eigenvalue weighted by Gasteiger charge is -2.08. The summed E-state index contributed by atoms with van der Waals surface area (Å²) < 4.78 is 5.87. The van der Waals surface area contributed by atoms with Gasteiger partial charge >= 0.3 is 0 Å². The summed E-state index contributed by atoms with van der Waals surface area (Å²) in [4.78, 5) is 4.04. The Kier molecular flexibility index (Phi) is 5.83. The number of halogens is 1. The summed E-state index contributed by atoms with van der Waals surface area (Å²) in [6, 6.07) is 20.1. The van der Waals surface area contributed by atoms with Crippen LogP contribution in [0.4, 0.5) is 0 Å². The Hall–Kier alpha value is -2.36. The van der Waals surface area contributed by atoms with E-state index >= 15 is 0 Å². The van der Waals surface area contributed by atoms with Crippen molar-refractivity contribution in [3.8, 4) is 5.75 Å². The lowest BCUT2D eigenvalue weighted by atomic mass is 10.2. The number of nitrogens with zero attached hydrogens (tertiary/aromatic N) is 1. The first kappa shape index (κ1) is 16.5. The van der Waals surface area contributed by atoms with Crippen LogP contribution < -0.4 is 10.1 Å². The molecule has 2 N–H and O–H groups in total. The predicted molar refractivity (Wildman–Crippen MR) is 95.8 cm³/mol. The van der Waals surface area contributed by atoms with E-state index in [1.165, 1.54) is 11.1 Å². The van der Waals surface area contributed by atoms with Gasteiger partial charge in [-0.05, 0) is 42.0 Å². The van der Waals surface area contributed by atoms with E-state index in [4.69, 9.17) is 16.3 Å². The van der Waals surface area contributed by atoms with Crippen LogP contribution in [0.15, 0.2) is 73.1 Å². The van der Waals surface area contributed by atoms with Gasteiger partial charge in [-0.25, -0.2) is 0 Å². The summed E-state index contributed by atoms with van der Waals surface area (Å²) in [7, 11) is 0. The van der Waals surface area contributed by atoms with E-state index in [0.29, 0.717) is 6.61 Å². The average Bonchev–Trinajstić information content (AvgIpc) is 2.63. The van der Waals surface area contributed by atoms with E-state index in [-0.39, 0.29) is 0 Å². The molecule has 0 radical (unpaired) electrons. The second-order valence-electron chi connectivity index (χ2n) is 5.61. The van der Waals surface area contributed by atoms with Crippen LogP contribution in [0.3, 0.4) is 0 Å². The van der Waals surface area contributed by atoms with Gasteiger partial charge in [0.15, 0.2) is 0 Å². The SMILES string of the molecule is Clc1ccc(COc2cccc(C[NH2+]Cc3ccncc3)c2)cc1. The summed E-state index contributed by atoms with van der Waals surface area (Å²) in [5, 5.41) is 3.01. The van der Waals surface area contributed by atoms with E-state index < -0.39 is 0 Å². The summed E-state index contributed by atoms with van der Waals surface area (Å²) in [5.74, 6) is 0.889. The maximum Gasteiger partial charge on any atom is 0.120 e. The van der Waals surface area contributed by atoms with Crippen molar-refractivity contribution in [1.29, 1.82) is 0 Å². The topological polar surface area (TPSA) is 38.7 Å². The molecular formula is C20H20ClN2O+. The monoisotopic (exact) mass is 339 g/mol. The molecule has 1 aromatic heterocycles. The smallest absolute Gasteiger partial charge is 0.120 e. The van der Waals surface area contributed by atoms with Crippen molar-refractivity contribution in [3.05, 3.63) is 94.8 Å². The molecule has 0 saturated carbocycles. The normalized spacial score (nSPS) is 10.5. The Balaban J connectivity index is 1.51. The second kappa shape index (κ2) is 8.48. The molecule has 3 rings (SSSR count). The van der Waals surface area contributed by atoms with Crippen molar-refractivity contribution >= 4 is 11.6 Å². The minimum absolute atomic E-state index is 0.543. The Morgan fingerprint density at radius 1 is 0.833 bits per heavy atom. The highest BCUT2D eigenvalue weighted by molar-refractivity contribution is 6.30. The summed E-state index contributed by atoms with van der Waals surface area (Å²) in [6.07, 6.45) is 3.66. The van der Waals surface area contributed by atoms with E-state index in [2.05, 4.69) is 22.4 Å². The molecule has 0 aliphatic rings. The standard InChI is InChI=1S/C20H19ClN2O/c21-19-6-4-17(5-7-19)15-24-20-3-1-2-18(12-20)14-23-13-16-8-10-22-11-9-16/h1-12,23H,13-15H2/p+1. The number of nitrogens with two attached hydrogens (primary N) is 1. The predicted octanol–water partition coefficient (Wildman–Crippen LogP) is 3.58. The lowest BCUT2D eigenvalue weighted by Crippen LogP contribution is -2.80. The molecular weight excluding hydrogens is 320 g/mol. The van der Waals surface area contributed by atoms with Crippen LogP contribution in [0.1, 0.15) is 16.7 Å². The highest BCUT2D eigenvalue weighted by Crippen LogP contribution is 2.16. The fraction of sp³-hybridized carbons (Fsp3) is 0.150. The molecule has 3 nitrogen and oxygen atoms in total.